The monoisotopic (exact) mass is 804 g/mol. The molecule has 2 atom stereocenters. The molecular weight excluding hydrogens is 744 g/mol. The molecule has 1 aromatic rings. The van der Waals surface area contributed by atoms with E-state index in [4.69, 9.17) is 0 Å². The summed E-state index contributed by atoms with van der Waals surface area (Å²) in [5.41, 5.74) is -5.48. The van der Waals surface area contributed by atoms with Crippen molar-refractivity contribution >= 4 is 28.9 Å². The van der Waals surface area contributed by atoms with Crippen LogP contribution >= 0.6 is 0 Å². The molecule has 0 unspecified atom stereocenters. The van der Waals surface area contributed by atoms with Gasteiger partial charge in [0.25, 0.3) is 0 Å². The molecule has 0 heterocycles. The Labute approximate surface area is 340 Å². The van der Waals surface area contributed by atoms with Crippen molar-refractivity contribution in [1.82, 2.24) is 0 Å². The number of allylic oxidation sites excluding steroid dienone is 10. The van der Waals surface area contributed by atoms with Crippen LogP contribution in [0.2, 0.25) is 0 Å². The van der Waals surface area contributed by atoms with E-state index in [0.29, 0.717) is 25.7 Å². The molecule has 7 N–H and O–H groups in total. The predicted octanol–water partition coefficient (Wildman–Crippen LogP) is 9.53. The first-order chi connectivity index (χ1) is 27.1. The van der Waals surface area contributed by atoms with Crippen LogP contribution in [0.5, 0.6) is 17.2 Å². The standard InChI is InChI=1S/C46H60O12/c1-10-13-14-17-32(49)33-37(51)26(22-28-39(53)34(30(47)15-11-2)43(57)45(8,41(28)55)20-18-24(4)5)36(50)27(38(33)52)23-29-40(54)35(31(48)16-12-3)44(58)46(9,42(29)56)21-19-25(6)7/h18-19,50-56H,10-17,20-23H2,1-9H3/t45-,46-/m0/s1. The van der Waals surface area contributed by atoms with Gasteiger partial charge >= 0.3 is 0 Å². The second kappa shape index (κ2) is 18.9. The Morgan fingerprint density at radius 1 is 0.534 bits per heavy atom. The van der Waals surface area contributed by atoms with Gasteiger partial charge in [0.2, 0.25) is 0 Å². The number of unbranched alkanes of at least 4 members (excludes halogenated alkanes) is 2. The molecule has 12 heteroatoms. The molecule has 0 amide bonds. The summed E-state index contributed by atoms with van der Waals surface area (Å²) in [6.45, 7) is 15.2. The number of aliphatic hydroxyl groups is 4. The largest absolute Gasteiger partial charge is 0.511 e. The lowest BCUT2D eigenvalue weighted by Crippen LogP contribution is -2.39. The van der Waals surface area contributed by atoms with Gasteiger partial charge in [-0.25, -0.2) is 0 Å². The minimum Gasteiger partial charge on any atom is -0.511 e. The SMILES string of the molecule is CCCCCC(=O)c1c(O)c(CC2=C(O)[C@](C)(CC=C(C)C)C(=O)C(C(=O)CCC)=C2O)c(O)c(CC2=C(O)[C@](C)(CC=C(C)C)C(=O)C(C(=O)CCC)=C2O)c1O. The van der Waals surface area contributed by atoms with Gasteiger partial charge in [-0.2, -0.15) is 0 Å². The Morgan fingerprint density at radius 3 is 1.24 bits per heavy atom. The average Bonchev–Trinajstić information content (AvgIpc) is 3.14. The Hall–Kier alpha value is -5.39. The molecule has 0 saturated carbocycles. The van der Waals surface area contributed by atoms with Crippen molar-refractivity contribution < 1.29 is 59.7 Å². The topological polar surface area (TPSA) is 227 Å². The third-order valence-corrected chi connectivity index (χ3v) is 11.1. The Kier molecular flexibility index (Phi) is 15.3. The van der Waals surface area contributed by atoms with E-state index in [2.05, 4.69) is 0 Å². The molecule has 2 aliphatic carbocycles. The van der Waals surface area contributed by atoms with Crippen molar-refractivity contribution in [2.24, 2.45) is 10.8 Å². The molecule has 0 bridgehead atoms. The summed E-state index contributed by atoms with van der Waals surface area (Å²) in [7, 11) is 0. The second-order valence-electron chi connectivity index (χ2n) is 16.4. The number of rotatable bonds is 19. The van der Waals surface area contributed by atoms with Crippen LogP contribution in [0.4, 0.5) is 0 Å². The van der Waals surface area contributed by atoms with Gasteiger partial charge in [-0.05, 0) is 73.6 Å². The molecule has 0 radical (unpaired) electrons. The van der Waals surface area contributed by atoms with Crippen LogP contribution in [-0.4, -0.2) is 64.7 Å². The van der Waals surface area contributed by atoms with Crippen LogP contribution < -0.4 is 0 Å². The summed E-state index contributed by atoms with van der Waals surface area (Å²) in [6, 6.07) is 0. The Bertz CT molecular complexity index is 1940. The number of Topliss-reactive ketones (excluding diaryl/α,β-unsaturated/α-hetero) is 5. The van der Waals surface area contributed by atoms with Gasteiger partial charge in [0.15, 0.2) is 28.9 Å². The Balaban J connectivity index is 2.49. The molecule has 0 spiro atoms. The average molecular weight is 805 g/mol. The van der Waals surface area contributed by atoms with E-state index >= 15 is 0 Å². The fourth-order valence-corrected chi connectivity index (χ4v) is 7.36. The van der Waals surface area contributed by atoms with Crippen LogP contribution in [-0.2, 0) is 32.0 Å². The summed E-state index contributed by atoms with van der Waals surface area (Å²) in [5, 5.41) is 82.2. The van der Waals surface area contributed by atoms with Crippen LogP contribution in [0.3, 0.4) is 0 Å². The molecule has 0 aliphatic heterocycles. The first kappa shape index (κ1) is 47.0. The van der Waals surface area contributed by atoms with Gasteiger partial charge in [0.1, 0.15) is 57.0 Å². The molecular formula is C46H60O12. The maximum absolute atomic E-state index is 13.9. The summed E-state index contributed by atoms with van der Waals surface area (Å²) in [6.07, 6.45) is 3.70. The van der Waals surface area contributed by atoms with Crippen molar-refractivity contribution in [3.05, 3.63) is 85.3 Å². The molecule has 3 rings (SSSR count). The summed E-state index contributed by atoms with van der Waals surface area (Å²) >= 11 is 0. The number of aromatic hydroxyl groups is 3. The first-order valence-electron chi connectivity index (χ1n) is 20.0. The quantitative estimate of drug-likeness (QED) is 0.0300. The molecule has 316 valence electrons. The van der Waals surface area contributed by atoms with Crippen molar-refractivity contribution in [2.45, 2.75) is 139 Å². The van der Waals surface area contributed by atoms with Gasteiger partial charge in [0.05, 0.1) is 10.8 Å². The van der Waals surface area contributed by atoms with Gasteiger partial charge in [-0.15, -0.1) is 0 Å². The maximum Gasteiger partial charge on any atom is 0.183 e. The number of carbonyl (C=O) groups excluding carboxylic acids is 5. The highest BCUT2D eigenvalue weighted by molar-refractivity contribution is 6.25. The normalized spacial score (nSPS) is 19.9. The van der Waals surface area contributed by atoms with Crippen molar-refractivity contribution in [2.75, 3.05) is 0 Å². The van der Waals surface area contributed by atoms with Gasteiger partial charge in [0, 0.05) is 54.4 Å². The molecule has 1 aromatic carbocycles. The number of ketones is 5. The summed E-state index contributed by atoms with van der Waals surface area (Å²) in [4.78, 5) is 68.3. The minimum atomic E-state index is -1.76. The van der Waals surface area contributed by atoms with E-state index in [9.17, 15) is 59.7 Å². The van der Waals surface area contributed by atoms with Crippen LogP contribution in [0.1, 0.15) is 148 Å². The Morgan fingerprint density at radius 2 is 0.914 bits per heavy atom. The number of benzene rings is 1. The van der Waals surface area contributed by atoms with Crippen LogP contribution in [0, 0.1) is 10.8 Å². The maximum atomic E-state index is 13.9. The highest BCUT2D eigenvalue weighted by Gasteiger charge is 2.49. The summed E-state index contributed by atoms with van der Waals surface area (Å²) in [5.74, 6) is -9.49. The zero-order valence-corrected chi connectivity index (χ0v) is 35.3. The smallest absolute Gasteiger partial charge is 0.183 e. The van der Waals surface area contributed by atoms with Crippen LogP contribution in [0.15, 0.2) is 68.6 Å². The van der Waals surface area contributed by atoms with Crippen molar-refractivity contribution in [3.8, 4) is 17.2 Å². The van der Waals surface area contributed by atoms with E-state index in [1.165, 1.54) is 13.8 Å². The van der Waals surface area contributed by atoms with E-state index < -0.39 is 132 Å². The molecule has 0 saturated heterocycles. The highest BCUT2D eigenvalue weighted by atomic mass is 16.3. The van der Waals surface area contributed by atoms with Gasteiger partial charge in [-0.1, -0.05) is 56.9 Å². The van der Waals surface area contributed by atoms with Gasteiger partial charge < -0.3 is 35.7 Å². The lowest BCUT2D eigenvalue weighted by Gasteiger charge is -2.34. The number of phenolic OH excluding ortho intramolecular Hbond substituents is 3. The van der Waals surface area contributed by atoms with E-state index in [-0.39, 0.29) is 32.1 Å². The van der Waals surface area contributed by atoms with Crippen LogP contribution in [0.25, 0.3) is 0 Å². The summed E-state index contributed by atoms with van der Waals surface area (Å²) < 4.78 is 0. The molecule has 12 nitrogen and oxygen atoms in total. The minimum absolute atomic E-state index is 0.0813. The van der Waals surface area contributed by atoms with E-state index in [1.807, 2.05) is 6.92 Å². The molecule has 2 aliphatic rings. The lowest BCUT2D eigenvalue weighted by molar-refractivity contribution is -0.129. The molecule has 0 aromatic heterocycles. The first-order valence-corrected chi connectivity index (χ1v) is 20.0. The predicted molar refractivity (Wildman–Crippen MR) is 220 cm³/mol. The zero-order valence-electron chi connectivity index (χ0n) is 35.3. The highest BCUT2D eigenvalue weighted by Crippen LogP contribution is 2.50. The van der Waals surface area contributed by atoms with Gasteiger partial charge in [-0.3, -0.25) is 24.0 Å². The van der Waals surface area contributed by atoms with E-state index in [1.54, 1.807) is 53.7 Å². The fraction of sp³-hybridized carbons (Fsp3) is 0.500. The van der Waals surface area contributed by atoms with Crippen molar-refractivity contribution in [3.63, 3.8) is 0 Å². The zero-order chi connectivity index (χ0) is 44.0. The molecule has 58 heavy (non-hydrogen) atoms. The lowest BCUT2D eigenvalue weighted by atomic mass is 9.69. The number of phenols is 3. The van der Waals surface area contributed by atoms with E-state index in [0.717, 1.165) is 17.6 Å². The number of hydrogen-bond acceptors (Lipinski definition) is 12. The number of aliphatic hydroxyl groups excluding tert-OH is 4. The fourth-order valence-electron chi connectivity index (χ4n) is 7.36. The third-order valence-electron chi connectivity index (χ3n) is 11.1. The number of hydrogen-bond donors (Lipinski definition) is 7. The van der Waals surface area contributed by atoms with Crippen molar-refractivity contribution in [1.29, 1.82) is 0 Å². The molecule has 0 fully saturated rings. The number of carbonyl (C=O) groups is 5. The third kappa shape index (κ3) is 9.01. The second-order valence-corrected chi connectivity index (χ2v) is 16.4.